The molecule has 0 spiro atoms. The number of carbonyl (C=O) groups is 1. The van der Waals surface area contributed by atoms with Crippen LogP contribution in [0.15, 0.2) is 0 Å². The van der Waals surface area contributed by atoms with Crippen molar-refractivity contribution >= 4 is 5.91 Å². The van der Waals surface area contributed by atoms with Crippen molar-refractivity contribution in [1.82, 2.24) is 10.6 Å². The van der Waals surface area contributed by atoms with Crippen molar-refractivity contribution in [2.75, 3.05) is 19.6 Å². The molecule has 0 saturated carbocycles. The third-order valence-electron chi connectivity index (χ3n) is 2.92. The molecule has 0 bridgehead atoms. The molecule has 1 heterocycles. The summed E-state index contributed by atoms with van der Waals surface area (Å²) in [5, 5.41) is 15.4. The highest BCUT2D eigenvalue weighted by Crippen LogP contribution is 2.09. The molecule has 0 aromatic rings. The van der Waals surface area contributed by atoms with Gasteiger partial charge < -0.3 is 15.7 Å². The maximum absolute atomic E-state index is 11.6. The second-order valence-electron chi connectivity index (χ2n) is 4.19. The van der Waals surface area contributed by atoms with E-state index in [4.69, 9.17) is 0 Å². The van der Waals surface area contributed by atoms with Gasteiger partial charge in [0.2, 0.25) is 5.91 Å². The van der Waals surface area contributed by atoms with Crippen LogP contribution in [0.4, 0.5) is 0 Å². The quantitative estimate of drug-likeness (QED) is 0.615. The van der Waals surface area contributed by atoms with E-state index in [2.05, 4.69) is 10.6 Å². The monoisotopic (exact) mass is 214 g/mol. The Bertz CT molecular complexity index is 191. The topological polar surface area (TPSA) is 61.4 Å². The van der Waals surface area contributed by atoms with Crippen LogP contribution in [-0.2, 0) is 4.79 Å². The SMILES string of the molecule is CCC(O)CCNC(=O)[C@@H]1CCCNC1. The van der Waals surface area contributed by atoms with Crippen LogP contribution in [0, 0.1) is 5.92 Å². The van der Waals surface area contributed by atoms with Crippen LogP contribution >= 0.6 is 0 Å². The van der Waals surface area contributed by atoms with Gasteiger partial charge in [0.1, 0.15) is 0 Å². The van der Waals surface area contributed by atoms with E-state index >= 15 is 0 Å². The first-order valence-electron chi connectivity index (χ1n) is 5.90. The standard InChI is InChI=1S/C11H22N2O2/c1-2-10(14)5-7-13-11(15)9-4-3-6-12-8-9/h9-10,12,14H,2-8H2,1H3,(H,13,15)/t9-,10?/m1/s1. The Labute approximate surface area is 91.4 Å². The Morgan fingerprint density at radius 3 is 3.07 bits per heavy atom. The molecule has 4 heteroatoms. The highest BCUT2D eigenvalue weighted by Gasteiger charge is 2.20. The minimum atomic E-state index is -0.283. The fourth-order valence-electron chi connectivity index (χ4n) is 1.79. The van der Waals surface area contributed by atoms with Crippen LogP contribution in [-0.4, -0.2) is 36.8 Å². The predicted octanol–water partition coefficient (Wildman–Crippen LogP) is 0.263. The summed E-state index contributed by atoms with van der Waals surface area (Å²) < 4.78 is 0. The third kappa shape index (κ3) is 4.62. The van der Waals surface area contributed by atoms with Crippen molar-refractivity contribution in [3.05, 3.63) is 0 Å². The molecular weight excluding hydrogens is 192 g/mol. The molecule has 3 N–H and O–H groups in total. The first-order valence-corrected chi connectivity index (χ1v) is 5.90. The summed E-state index contributed by atoms with van der Waals surface area (Å²) >= 11 is 0. The van der Waals surface area contributed by atoms with Crippen molar-refractivity contribution in [2.45, 2.75) is 38.7 Å². The van der Waals surface area contributed by atoms with Crippen LogP contribution in [0.2, 0.25) is 0 Å². The zero-order valence-electron chi connectivity index (χ0n) is 9.46. The van der Waals surface area contributed by atoms with Crippen LogP contribution < -0.4 is 10.6 Å². The number of hydrogen-bond acceptors (Lipinski definition) is 3. The fraction of sp³-hybridized carbons (Fsp3) is 0.909. The highest BCUT2D eigenvalue weighted by atomic mass is 16.3. The number of piperidine rings is 1. The van der Waals surface area contributed by atoms with Crippen molar-refractivity contribution < 1.29 is 9.90 Å². The molecule has 1 aliphatic rings. The van der Waals surface area contributed by atoms with Gasteiger partial charge in [-0.2, -0.15) is 0 Å². The van der Waals surface area contributed by atoms with Crippen molar-refractivity contribution in [3.63, 3.8) is 0 Å². The Balaban J connectivity index is 2.12. The minimum absolute atomic E-state index is 0.123. The van der Waals surface area contributed by atoms with E-state index in [9.17, 15) is 9.90 Å². The summed E-state index contributed by atoms with van der Waals surface area (Å²) in [6.07, 6.45) is 3.18. The lowest BCUT2D eigenvalue weighted by Gasteiger charge is -2.22. The van der Waals surface area contributed by atoms with Crippen LogP contribution in [0.1, 0.15) is 32.6 Å². The molecule has 1 aliphatic heterocycles. The van der Waals surface area contributed by atoms with Gasteiger partial charge in [0, 0.05) is 13.1 Å². The smallest absolute Gasteiger partial charge is 0.224 e. The fourth-order valence-corrected chi connectivity index (χ4v) is 1.79. The molecule has 1 unspecified atom stereocenters. The van der Waals surface area contributed by atoms with Gasteiger partial charge in [-0.15, -0.1) is 0 Å². The molecule has 1 amide bonds. The number of rotatable bonds is 5. The summed E-state index contributed by atoms with van der Waals surface area (Å²) in [5.74, 6) is 0.253. The maximum Gasteiger partial charge on any atom is 0.224 e. The Hall–Kier alpha value is -0.610. The number of aliphatic hydroxyl groups excluding tert-OH is 1. The molecule has 1 saturated heterocycles. The number of hydrogen-bond donors (Lipinski definition) is 3. The lowest BCUT2D eigenvalue weighted by Crippen LogP contribution is -2.41. The van der Waals surface area contributed by atoms with E-state index < -0.39 is 0 Å². The Morgan fingerprint density at radius 1 is 1.67 bits per heavy atom. The van der Waals surface area contributed by atoms with E-state index in [0.717, 1.165) is 32.4 Å². The average Bonchev–Trinajstić information content (AvgIpc) is 2.29. The zero-order valence-corrected chi connectivity index (χ0v) is 9.46. The van der Waals surface area contributed by atoms with Gasteiger partial charge in [-0.25, -0.2) is 0 Å². The first-order chi connectivity index (χ1) is 7.24. The summed E-state index contributed by atoms with van der Waals surface area (Å²) in [5.41, 5.74) is 0. The lowest BCUT2D eigenvalue weighted by atomic mass is 9.99. The summed E-state index contributed by atoms with van der Waals surface area (Å²) in [4.78, 5) is 11.6. The lowest BCUT2D eigenvalue weighted by molar-refractivity contribution is -0.125. The molecule has 0 aromatic heterocycles. The van der Waals surface area contributed by atoms with Crippen LogP contribution in [0.3, 0.4) is 0 Å². The molecule has 0 aliphatic carbocycles. The molecular formula is C11H22N2O2. The molecule has 15 heavy (non-hydrogen) atoms. The number of nitrogens with one attached hydrogen (secondary N) is 2. The van der Waals surface area contributed by atoms with Gasteiger partial charge >= 0.3 is 0 Å². The largest absolute Gasteiger partial charge is 0.393 e. The molecule has 1 rings (SSSR count). The molecule has 0 aromatic carbocycles. The van der Waals surface area contributed by atoms with E-state index in [-0.39, 0.29) is 17.9 Å². The summed E-state index contributed by atoms with van der Waals surface area (Å²) in [6.45, 7) is 4.35. The van der Waals surface area contributed by atoms with Crippen LogP contribution in [0.25, 0.3) is 0 Å². The Kier molecular flexibility index (Phi) is 5.65. The number of aliphatic hydroxyl groups is 1. The van der Waals surface area contributed by atoms with Gasteiger partial charge in [-0.05, 0) is 32.2 Å². The van der Waals surface area contributed by atoms with Gasteiger partial charge in [0.05, 0.1) is 12.0 Å². The predicted molar refractivity (Wildman–Crippen MR) is 59.5 cm³/mol. The van der Waals surface area contributed by atoms with Crippen molar-refractivity contribution in [2.24, 2.45) is 5.92 Å². The average molecular weight is 214 g/mol. The van der Waals surface area contributed by atoms with Gasteiger partial charge in [-0.1, -0.05) is 6.92 Å². The van der Waals surface area contributed by atoms with Gasteiger partial charge in [0.25, 0.3) is 0 Å². The number of amides is 1. The van der Waals surface area contributed by atoms with Crippen LogP contribution in [0.5, 0.6) is 0 Å². The maximum atomic E-state index is 11.6. The Morgan fingerprint density at radius 2 is 2.47 bits per heavy atom. The van der Waals surface area contributed by atoms with Crippen molar-refractivity contribution in [1.29, 1.82) is 0 Å². The second kappa shape index (κ2) is 6.80. The molecule has 0 radical (unpaired) electrons. The molecule has 1 fully saturated rings. The van der Waals surface area contributed by atoms with E-state index in [0.29, 0.717) is 13.0 Å². The molecule has 4 nitrogen and oxygen atoms in total. The van der Waals surface area contributed by atoms with E-state index in [1.54, 1.807) is 0 Å². The second-order valence-corrected chi connectivity index (χ2v) is 4.19. The first kappa shape index (κ1) is 12.5. The van der Waals surface area contributed by atoms with Crippen molar-refractivity contribution in [3.8, 4) is 0 Å². The normalized spacial score (nSPS) is 23.5. The summed E-state index contributed by atoms with van der Waals surface area (Å²) in [7, 11) is 0. The number of carbonyl (C=O) groups excluding carboxylic acids is 1. The molecule has 2 atom stereocenters. The van der Waals surface area contributed by atoms with E-state index in [1.165, 1.54) is 0 Å². The third-order valence-corrected chi connectivity index (χ3v) is 2.92. The molecule has 88 valence electrons. The highest BCUT2D eigenvalue weighted by molar-refractivity contribution is 5.78. The summed E-state index contributed by atoms with van der Waals surface area (Å²) in [6, 6.07) is 0. The van der Waals surface area contributed by atoms with E-state index in [1.807, 2.05) is 6.92 Å². The minimum Gasteiger partial charge on any atom is -0.393 e. The van der Waals surface area contributed by atoms with Gasteiger partial charge in [0.15, 0.2) is 0 Å². The zero-order chi connectivity index (χ0) is 11.1. The van der Waals surface area contributed by atoms with Gasteiger partial charge in [-0.3, -0.25) is 4.79 Å².